The van der Waals surface area contributed by atoms with Crippen LogP contribution in [0.1, 0.15) is 22.7 Å². The molecular weight excluding hydrogens is 305 g/mol. The van der Waals surface area contributed by atoms with Gasteiger partial charge in [-0.3, -0.25) is 0 Å². The molecule has 0 saturated heterocycles. The SMILES string of the molecule is CNC(Cc1cc(Br)ccc1F)c1ccc(C)cc1. The minimum Gasteiger partial charge on any atom is -0.313 e. The second kappa shape index (κ2) is 6.31. The van der Waals surface area contributed by atoms with Gasteiger partial charge in [-0.25, -0.2) is 4.39 Å². The molecule has 2 aromatic carbocycles. The molecule has 0 aliphatic rings. The molecule has 2 aromatic rings. The van der Waals surface area contributed by atoms with Gasteiger partial charge < -0.3 is 5.32 Å². The summed E-state index contributed by atoms with van der Waals surface area (Å²) in [4.78, 5) is 0. The molecule has 0 aromatic heterocycles. The van der Waals surface area contributed by atoms with Crippen molar-refractivity contribution in [1.82, 2.24) is 5.32 Å². The molecule has 1 nitrogen and oxygen atoms in total. The first kappa shape index (κ1) is 14.2. The Morgan fingerprint density at radius 2 is 1.84 bits per heavy atom. The van der Waals surface area contributed by atoms with Crippen molar-refractivity contribution >= 4 is 15.9 Å². The third kappa shape index (κ3) is 3.64. The monoisotopic (exact) mass is 321 g/mol. The summed E-state index contributed by atoms with van der Waals surface area (Å²) in [7, 11) is 1.90. The van der Waals surface area contributed by atoms with E-state index in [1.807, 2.05) is 13.1 Å². The van der Waals surface area contributed by atoms with Crippen LogP contribution in [0.15, 0.2) is 46.9 Å². The summed E-state index contributed by atoms with van der Waals surface area (Å²) >= 11 is 3.39. The van der Waals surface area contributed by atoms with Crippen LogP contribution in [0.5, 0.6) is 0 Å². The Bertz CT molecular complexity index is 551. The highest BCUT2D eigenvalue weighted by Gasteiger charge is 2.13. The molecule has 0 amide bonds. The van der Waals surface area contributed by atoms with Gasteiger partial charge in [0, 0.05) is 10.5 Å². The van der Waals surface area contributed by atoms with Crippen molar-refractivity contribution in [3.05, 3.63) is 69.4 Å². The molecule has 0 bridgehead atoms. The molecule has 19 heavy (non-hydrogen) atoms. The van der Waals surface area contributed by atoms with Gasteiger partial charge in [0.1, 0.15) is 5.82 Å². The molecular formula is C16H17BrFN. The molecule has 2 rings (SSSR count). The maximum Gasteiger partial charge on any atom is 0.126 e. The van der Waals surface area contributed by atoms with Gasteiger partial charge in [-0.05, 0) is 49.7 Å². The molecule has 100 valence electrons. The maximum absolute atomic E-state index is 13.8. The molecule has 1 unspecified atom stereocenters. The fourth-order valence-electron chi connectivity index (χ4n) is 2.10. The Morgan fingerprint density at radius 1 is 1.16 bits per heavy atom. The number of aryl methyl sites for hydroxylation is 1. The summed E-state index contributed by atoms with van der Waals surface area (Å²) < 4.78 is 14.7. The number of rotatable bonds is 4. The zero-order valence-electron chi connectivity index (χ0n) is 11.1. The van der Waals surface area contributed by atoms with Crippen LogP contribution in [-0.4, -0.2) is 7.05 Å². The van der Waals surface area contributed by atoms with Crippen LogP contribution in [0.4, 0.5) is 4.39 Å². The number of halogens is 2. The lowest BCUT2D eigenvalue weighted by molar-refractivity contribution is 0.554. The minimum absolute atomic E-state index is 0.115. The van der Waals surface area contributed by atoms with Crippen molar-refractivity contribution in [2.75, 3.05) is 7.05 Å². The van der Waals surface area contributed by atoms with E-state index < -0.39 is 0 Å². The number of hydrogen-bond acceptors (Lipinski definition) is 1. The normalized spacial score (nSPS) is 12.4. The van der Waals surface area contributed by atoms with Gasteiger partial charge in [0.25, 0.3) is 0 Å². The molecule has 0 radical (unpaired) electrons. The zero-order chi connectivity index (χ0) is 13.8. The summed E-state index contributed by atoms with van der Waals surface area (Å²) in [6, 6.07) is 13.5. The van der Waals surface area contributed by atoms with Crippen molar-refractivity contribution in [3.8, 4) is 0 Å². The fraction of sp³-hybridized carbons (Fsp3) is 0.250. The quantitative estimate of drug-likeness (QED) is 0.880. The van der Waals surface area contributed by atoms with Crippen molar-refractivity contribution in [1.29, 1.82) is 0 Å². The van der Waals surface area contributed by atoms with E-state index in [1.54, 1.807) is 6.07 Å². The van der Waals surface area contributed by atoms with Crippen LogP contribution in [0.3, 0.4) is 0 Å². The summed E-state index contributed by atoms with van der Waals surface area (Å²) in [5, 5.41) is 3.25. The first-order valence-electron chi connectivity index (χ1n) is 6.28. The third-order valence-electron chi connectivity index (χ3n) is 3.26. The molecule has 0 aliphatic carbocycles. The number of nitrogens with one attached hydrogen (secondary N) is 1. The standard InChI is InChI=1S/C16H17BrFN/c1-11-3-5-12(6-4-11)16(19-2)10-13-9-14(17)7-8-15(13)18/h3-9,16,19H,10H2,1-2H3. The van der Waals surface area contributed by atoms with Crippen LogP contribution < -0.4 is 5.32 Å². The van der Waals surface area contributed by atoms with Crippen LogP contribution in [0.2, 0.25) is 0 Å². The van der Waals surface area contributed by atoms with Crippen molar-refractivity contribution in [3.63, 3.8) is 0 Å². The Kier molecular flexibility index (Phi) is 4.72. The van der Waals surface area contributed by atoms with Gasteiger partial charge >= 0.3 is 0 Å². The van der Waals surface area contributed by atoms with Gasteiger partial charge in [-0.2, -0.15) is 0 Å². The van der Waals surface area contributed by atoms with Gasteiger partial charge in [0.05, 0.1) is 0 Å². The maximum atomic E-state index is 13.8. The largest absolute Gasteiger partial charge is 0.313 e. The Hall–Kier alpha value is -1.19. The number of likely N-dealkylation sites (N-methyl/N-ethyl adjacent to an activating group) is 1. The Labute approximate surface area is 122 Å². The summed E-state index contributed by atoms with van der Waals surface area (Å²) in [5.41, 5.74) is 3.12. The van der Waals surface area contributed by atoms with Crippen molar-refractivity contribution in [2.24, 2.45) is 0 Å². The van der Waals surface area contributed by atoms with E-state index in [9.17, 15) is 4.39 Å². The van der Waals surface area contributed by atoms with Crippen molar-refractivity contribution in [2.45, 2.75) is 19.4 Å². The van der Waals surface area contributed by atoms with E-state index in [4.69, 9.17) is 0 Å². The molecule has 0 fully saturated rings. The average Bonchev–Trinajstić information content (AvgIpc) is 2.41. The molecule has 0 heterocycles. The van der Waals surface area contributed by atoms with E-state index >= 15 is 0 Å². The van der Waals surface area contributed by atoms with E-state index in [0.717, 1.165) is 4.47 Å². The first-order valence-corrected chi connectivity index (χ1v) is 7.07. The van der Waals surface area contributed by atoms with Crippen LogP contribution >= 0.6 is 15.9 Å². The molecule has 0 aliphatic heterocycles. The smallest absolute Gasteiger partial charge is 0.126 e. The topological polar surface area (TPSA) is 12.0 Å². The van der Waals surface area contributed by atoms with E-state index in [1.165, 1.54) is 17.2 Å². The zero-order valence-corrected chi connectivity index (χ0v) is 12.7. The molecule has 0 saturated carbocycles. The lowest BCUT2D eigenvalue weighted by atomic mass is 9.98. The predicted octanol–water partition coefficient (Wildman–Crippen LogP) is 4.40. The van der Waals surface area contributed by atoms with Gasteiger partial charge in [-0.15, -0.1) is 0 Å². The summed E-state index contributed by atoms with van der Waals surface area (Å²) in [6.45, 7) is 2.06. The van der Waals surface area contributed by atoms with Crippen LogP contribution in [-0.2, 0) is 6.42 Å². The lowest BCUT2D eigenvalue weighted by Crippen LogP contribution is -2.19. The summed E-state index contributed by atoms with van der Waals surface area (Å²) in [6.07, 6.45) is 0.630. The van der Waals surface area contributed by atoms with Crippen LogP contribution in [0, 0.1) is 12.7 Å². The molecule has 3 heteroatoms. The highest BCUT2D eigenvalue weighted by Crippen LogP contribution is 2.23. The minimum atomic E-state index is -0.157. The highest BCUT2D eigenvalue weighted by molar-refractivity contribution is 9.10. The van der Waals surface area contributed by atoms with Crippen LogP contribution in [0.25, 0.3) is 0 Å². The fourth-order valence-corrected chi connectivity index (χ4v) is 2.51. The van der Waals surface area contributed by atoms with E-state index in [0.29, 0.717) is 12.0 Å². The van der Waals surface area contributed by atoms with Gasteiger partial charge in [-0.1, -0.05) is 45.8 Å². The summed E-state index contributed by atoms with van der Waals surface area (Å²) in [5.74, 6) is -0.157. The van der Waals surface area contributed by atoms with Gasteiger partial charge in [0.15, 0.2) is 0 Å². The highest BCUT2D eigenvalue weighted by atomic mass is 79.9. The van der Waals surface area contributed by atoms with E-state index in [-0.39, 0.29) is 11.9 Å². The lowest BCUT2D eigenvalue weighted by Gasteiger charge is -2.17. The average molecular weight is 322 g/mol. The molecule has 0 spiro atoms. The first-order chi connectivity index (χ1) is 9.10. The number of hydrogen-bond donors (Lipinski definition) is 1. The van der Waals surface area contributed by atoms with Crippen molar-refractivity contribution < 1.29 is 4.39 Å². The molecule has 1 N–H and O–H groups in total. The second-order valence-corrected chi connectivity index (χ2v) is 5.61. The van der Waals surface area contributed by atoms with E-state index in [2.05, 4.69) is 52.4 Å². The molecule has 1 atom stereocenters. The Morgan fingerprint density at radius 3 is 2.47 bits per heavy atom. The predicted molar refractivity (Wildman–Crippen MR) is 80.8 cm³/mol. The third-order valence-corrected chi connectivity index (χ3v) is 3.75. The Balaban J connectivity index is 2.23. The second-order valence-electron chi connectivity index (χ2n) is 4.69. The van der Waals surface area contributed by atoms with Gasteiger partial charge in [0.2, 0.25) is 0 Å². The number of benzene rings is 2.